The number of benzene rings is 3. The number of nitrogens with zero attached hydrogens (tertiary/aromatic N) is 1. The van der Waals surface area contributed by atoms with Crippen LogP contribution in [0.5, 0.6) is 5.75 Å². The van der Waals surface area contributed by atoms with Gasteiger partial charge in [-0.15, -0.1) is 0 Å². The molecule has 0 unspecified atom stereocenters. The molecule has 1 aromatic heterocycles. The molecule has 0 radical (unpaired) electrons. The third-order valence-electron chi connectivity index (χ3n) is 5.56. The second kappa shape index (κ2) is 7.42. The molecule has 1 atom stereocenters. The highest BCUT2D eigenvalue weighted by Crippen LogP contribution is 2.45. The van der Waals surface area contributed by atoms with Gasteiger partial charge in [0.15, 0.2) is 0 Å². The molecule has 158 valence electrons. The Kier molecular flexibility index (Phi) is 4.55. The maximum atomic E-state index is 14.3. The topological polar surface area (TPSA) is 99.7 Å². The van der Waals surface area contributed by atoms with Crippen molar-refractivity contribution in [1.29, 1.82) is 0 Å². The summed E-state index contributed by atoms with van der Waals surface area (Å²) >= 11 is 0. The summed E-state index contributed by atoms with van der Waals surface area (Å²) in [6, 6.07) is 14.8. The largest absolute Gasteiger partial charge is 0.463 e. The summed E-state index contributed by atoms with van der Waals surface area (Å²) in [6.07, 6.45) is 1.01. The van der Waals surface area contributed by atoms with E-state index in [-0.39, 0.29) is 40.0 Å². The van der Waals surface area contributed by atoms with E-state index in [9.17, 15) is 24.1 Å². The van der Waals surface area contributed by atoms with E-state index >= 15 is 0 Å². The summed E-state index contributed by atoms with van der Waals surface area (Å²) in [7, 11) is 0. The number of hydrogen-bond donors (Lipinski definition) is 0. The Balaban J connectivity index is 1.78. The number of para-hydroxylation sites is 1. The summed E-state index contributed by atoms with van der Waals surface area (Å²) in [6.45, 7) is 0. The van der Waals surface area contributed by atoms with E-state index in [2.05, 4.69) is 0 Å². The van der Waals surface area contributed by atoms with E-state index in [0.717, 1.165) is 6.26 Å². The highest BCUT2D eigenvalue weighted by atomic mass is 19.1. The average molecular weight is 431 g/mol. The van der Waals surface area contributed by atoms with Gasteiger partial charge in [0.25, 0.3) is 5.69 Å². The normalized spacial score (nSPS) is 15.3. The lowest BCUT2D eigenvalue weighted by Gasteiger charge is -2.25. The molecule has 3 aromatic carbocycles. The van der Waals surface area contributed by atoms with Crippen molar-refractivity contribution in [3.8, 4) is 16.9 Å². The maximum Gasteiger partial charge on any atom is 0.312 e. The van der Waals surface area contributed by atoms with Crippen LogP contribution < -0.4 is 10.2 Å². The molecule has 32 heavy (non-hydrogen) atoms. The van der Waals surface area contributed by atoms with Crippen molar-refractivity contribution in [1.82, 2.24) is 0 Å². The van der Waals surface area contributed by atoms with Gasteiger partial charge < -0.3 is 9.15 Å². The van der Waals surface area contributed by atoms with Gasteiger partial charge in [-0.05, 0) is 18.2 Å². The minimum Gasteiger partial charge on any atom is -0.463 e. The van der Waals surface area contributed by atoms with Crippen LogP contribution in [-0.2, 0) is 4.79 Å². The molecule has 1 aliphatic heterocycles. The fraction of sp³-hybridized carbons (Fsp3) is 0.0833. The number of halogens is 1. The number of esters is 1. The fourth-order valence-electron chi connectivity index (χ4n) is 4.14. The van der Waals surface area contributed by atoms with Crippen LogP contribution in [0, 0.1) is 15.9 Å². The molecule has 0 fully saturated rings. The number of fused-ring (bicyclic) bond motifs is 3. The third kappa shape index (κ3) is 3.04. The standard InChI is InChI=1S/C24H14FNO6/c25-18-7-3-1-5-13(18)17-12-31-24-15(23(17)28)9-10-20-22(24)16(11-21(27)32-20)14-6-2-4-8-19(14)26(29)30/h1-10,12,16H,11H2/t16-/m0/s1. The van der Waals surface area contributed by atoms with E-state index in [1.807, 2.05) is 0 Å². The first kappa shape index (κ1) is 19.6. The molecule has 0 amide bonds. The predicted molar refractivity (Wildman–Crippen MR) is 113 cm³/mol. The molecule has 5 rings (SSSR count). The van der Waals surface area contributed by atoms with Crippen molar-refractivity contribution in [3.63, 3.8) is 0 Å². The second-order valence-corrected chi connectivity index (χ2v) is 7.36. The van der Waals surface area contributed by atoms with Crippen LogP contribution in [0.15, 0.2) is 76.1 Å². The lowest BCUT2D eigenvalue weighted by Crippen LogP contribution is -2.22. The molecule has 0 N–H and O–H groups in total. The first-order valence-corrected chi connectivity index (χ1v) is 9.73. The minimum absolute atomic E-state index is 0.0468. The van der Waals surface area contributed by atoms with Crippen molar-refractivity contribution < 1.29 is 23.3 Å². The number of carbonyl (C=O) groups is 1. The van der Waals surface area contributed by atoms with Crippen LogP contribution in [-0.4, -0.2) is 10.9 Å². The average Bonchev–Trinajstić information content (AvgIpc) is 2.79. The van der Waals surface area contributed by atoms with Gasteiger partial charge in [0.1, 0.15) is 23.4 Å². The number of nitro groups is 1. The molecule has 0 saturated heterocycles. The van der Waals surface area contributed by atoms with E-state index in [1.165, 1.54) is 42.5 Å². The van der Waals surface area contributed by atoms with Gasteiger partial charge in [0.05, 0.1) is 22.3 Å². The van der Waals surface area contributed by atoms with Crippen LogP contribution >= 0.6 is 0 Å². The number of nitro benzene ring substituents is 1. The Bertz CT molecular complexity index is 1480. The SMILES string of the molecule is O=C1C[C@@H](c2ccccc2[N+](=O)[O-])c2c(ccc3c(=O)c(-c4ccccc4F)coc23)O1. The molecule has 4 aromatic rings. The number of carbonyl (C=O) groups excluding carboxylic acids is 1. The second-order valence-electron chi connectivity index (χ2n) is 7.36. The Morgan fingerprint density at radius 2 is 1.72 bits per heavy atom. The maximum absolute atomic E-state index is 14.3. The molecule has 1 aliphatic rings. The van der Waals surface area contributed by atoms with Crippen LogP contribution in [0.2, 0.25) is 0 Å². The van der Waals surface area contributed by atoms with Gasteiger partial charge in [-0.25, -0.2) is 4.39 Å². The predicted octanol–water partition coefficient (Wildman–Crippen LogP) is 4.95. The summed E-state index contributed by atoms with van der Waals surface area (Å²) in [4.78, 5) is 36.5. The van der Waals surface area contributed by atoms with Gasteiger partial charge in [-0.3, -0.25) is 19.7 Å². The monoisotopic (exact) mass is 431 g/mol. The van der Waals surface area contributed by atoms with E-state index in [0.29, 0.717) is 11.1 Å². The van der Waals surface area contributed by atoms with Gasteiger partial charge in [0.2, 0.25) is 5.43 Å². The van der Waals surface area contributed by atoms with Crippen LogP contribution in [0.4, 0.5) is 10.1 Å². The quantitative estimate of drug-likeness (QED) is 0.197. The molecule has 8 heteroatoms. The zero-order chi connectivity index (χ0) is 22.4. The summed E-state index contributed by atoms with van der Waals surface area (Å²) in [5, 5.41) is 11.7. The van der Waals surface area contributed by atoms with E-state index < -0.39 is 28.1 Å². The van der Waals surface area contributed by atoms with Crippen molar-refractivity contribution in [2.75, 3.05) is 0 Å². The summed E-state index contributed by atoms with van der Waals surface area (Å²) < 4.78 is 25.4. The van der Waals surface area contributed by atoms with Gasteiger partial charge in [0, 0.05) is 28.7 Å². The zero-order valence-corrected chi connectivity index (χ0v) is 16.4. The third-order valence-corrected chi connectivity index (χ3v) is 5.56. The fourth-order valence-corrected chi connectivity index (χ4v) is 4.14. The Labute approximate surface area is 179 Å². The molecule has 0 aliphatic carbocycles. The van der Waals surface area contributed by atoms with Crippen LogP contribution in [0.25, 0.3) is 22.1 Å². The molecule has 7 nitrogen and oxygen atoms in total. The smallest absolute Gasteiger partial charge is 0.312 e. The van der Waals surface area contributed by atoms with Crippen molar-refractivity contribution in [3.05, 3.63) is 104 Å². The first-order valence-electron chi connectivity index (χ1n) is 9.73. The zero-order valence-electron chi connectivity index (χ0n) is 16.4. The lowest BCUT2D eigenvalue weighted by molar-refractivity contribution is -0.385. The van der Waals surface area contributed by atoms with Gasteiger partial charge in [-0.1, -0.05) is 36.4 Å². The van der Waals surface area contributed by atoms with Gasteiger partial charge >= 0.3 is 5.97 Å². The summed E-state index contributed by atoms with van der Waals surface area (Å²) in [5.41, 5.74) is 0.353. The lowest BCUT2D eigenvalue weighted by atomic mass is 9.84. The molecule has 0 spiro atoms. The molecule has 0 bridgehead atoms. The van der Waals surface area contributed by atoms with E-state index in [4.69, 9.17) is 9.15 Å². The highest BCUT2D eigenvalue weighted by Gasteiger charge is 2.35. The van der Waals surface area contributed by atoms with Crippen LogP contribution in [0.3, 0.4) is 0 Å². The van der Waals surface area contributed by atoms with Gasteiger partial charge in [-0.2, -0.15) is 0 Å². The number of rotatable bonds is 3. The van der Waals surface area contributed by atoms with Crippen LogP contribution in [0.1, 0.15) is 23.5 Å². The number of hydrogen-bond acceptors (Lipinski definition) is 6. The molecule has 0 saturated carbocycles. The summed E-state index contributed by atoms with van der Waals surface area (Å²) in [5.74, 6) is -1.70. The number of ether oxygens (including phenoxy) is 1. The minimum atomic E-state index is -0.751. The molecular weight excluding hydrogens is 417 g/mol. The highest BCUT2D eigenvalue weighted by molar-refractivity contribution is 5.90. The Morgan fingerprint density at radius 1 is 0.969 bits per heavy atom. The Morgan fingerprint density at radius 3 is 2.50 bits per heavy atom. The van der Waals surface area contributed by atoms with E-state index in [1.54, 1.807) is 18.2 Å². The Hall–Kier alpha value is -4.33. The van der Waals surface area contributed by atoms with Crippen molar-refractivity contribution in [2.45, 2.75) is 12.3 Å². The van der Waals surface area contributed by atoms with Crippen molar-refractivity contribution in [2.24, 2.45) is 0 Å². The van der Waals surface area contributed by atoms with Crippen molar-refractivity contribution >= 4 is 22.6 Å². The first-order chi connectivity index (χ1) is 15.5. The molecular formula is C24H14FNO6. The molecule has 2 heterocycles.